The molecule has 64 valence electrons. The maximum absolute atomic E-state index is 6.86. The maximum Gasteiger partial charge on any atom is 0.0389 e. The molecule has 0 bridgehead atoms. The lowest BCUT2D eigenvalue weighted by Crippen LogP contribution is -2.01. The number of benzene rings is 1. The smallest absolute Gasteiger partial charge is 0.0389 e. The number of fused-ring (bicyclic) bond motifs is 1. The Bertz CT molecular complexity index is 450. The highest BCUT2D eigenvalue weighted by molar-refractivity contribution is 8.13. The Kier molecular flexibility index (Phi) is 2.15. The van der Waals surface area contributed by atoms with Crippen molar-refractivity contribution in [2.45, 2.75) is 4.90 Å². The molecule has 0 spiro atoms. The summed E-state index contributed by atoms with van der Waals surface area (Å²) >= 11 is 0. The van der Waals surface area contributed by atoms with Gasteiger partial charge < -0.3 is 4.72 Å². The van der Waals surface area contributed by atoms with Crippen molar-refractivity contribution in [2.24, 2.45) is 0 Å². The van der Waals surface area contributed by atoms with Gasteiger partial charge in [0.05, 0.1) is 0 Å². The van der Waals surface area contributed by atoms with Crippen LogP contribution in [0.5, 0.6) is 0 Å². The van der Waals surface area contributed by atoms with Gasteiger partial charge in [-0.25, -0.2) is 0 Å². The molecule has 13 heavy (non-hydrogen) atoms. The van der Waals surface area contributed by atoms with E-state index in [1.165, 1.54) is 10.5 Å². The lowest BCUT2D eigenvalue weighted by Gasteiger charge is -2.13. The summed E-state index contributed by atoms with van der Waals surface area (Å²) in [5, 5.41) is 9.68. The standard InChI is InChI=1S/C10H8N2S/c11-6-8-13-10-4-2-1-3-9(10)5-7-12-13/h1-5,7,11-12H. The van der Waals surface area contributed by atoms with Crippen molar-refractivity contribution in [2.75, 3.05) is 0 Å². The minimum Gasteiger partial charge on any atom is -0.332 e. The Morgan fingerprint density at radius 2 is 2.15 bits per heavy atom. The van der Waals surface area contributed by atoms with Gasteiger partial charge in [0.2, 0.25) is 0 Å². The molecule has 1 heterocycles. The van der Waals surface area contributed by atoms with Crippen LogP contribution in [-0.4, -0.2) is 10.9 Å². The van der Waals surface area contributed by atoms with Gasteiger partial charge >= 0.3 is 0 Å². The summed E-state index contributed by atoms with van der Waals surface area (Å²) in [6.45, 7) is 0. The number of hydrogen-bond donors (Lipinski definition) is 2. The molecule has 1 unspecified atom stereocenters. The third-order valence-electron chi connectivity index (χ3n) is 1.74. The van der Waals surface area contributed by atoms with E-state index < -0.39 is 0 Å². The molecule has 0 saturated carbocycles. The van der Waals surface area contributed by atoms with Gasteiger partial charge in [0.1, 0.15) is 0 Å². The molecular weight excluding hydrogens is 180 g/mol. The van der Waals surface area contributed by atoms with Gasteiger partial charge in [0.25, 0.3) is 0 Å². The Balaban J connectivity index is 2.69. The number of hydrogen-bond acceptors (Lipinski definition) is 2. The second-order valence-electron chi connectivity index (χ2n) is 2.52. The molecule has 0 aromatic heterocycles. The summed E-state index contributed by atoms with van der Waals surface area (Å²) < 4.78 is 3.13. The minimum absolute atomic E-state index is 0.305. The first-order valence-electron chi connectivity index (χ1n) is 3.85. The SMILES string of the molecule is N=C=C=S1NC=Cc2ccccc21. The van der Waals surface area contributed by atoms with Crippen molar-refractivity contribution in [3.8, 4) is 0 Å². The highest BCUT2D eigenvalue weighted by Gasteiger charge is 2.05. The first-order valence-corrected chi connectivity index (χ1v) is 5.08. The van der Waals surface area contributed by atoms with Gasteiger partial charge in [0, 0.05) is 22.0 Å². The van der Waals surface area contributed by atoms with E-state index >= 15 is 0 Å². The molecule has 0 radical (unpaired) electrons. The van der Waals surface area contributed by atoms with Gasteiger partial charge in [-0.15, -0.1) is 0 Å². The van der Waals surface area contributed by atoms with E-state index in [9.17, 15) is 0 Å². The Morgan fingerprint density at radius 3 is 3.00 bits per heavy atom. The molecule has 0 aliphatic carbocycles. The van der Waals surface area contributed by atoms with Crippen LogP contribution in [-0.2, 0) is 0 Å². The molecule has 2 nitrogen and oxygen atoms in total. The van der Waals surface area contributed by atoms with E-state index in [4.69, 9.17) is 5.41 Å². The average molecular weight is 188 g/mol. The van der Waals surface area contributed by atoms with Crippen LogP contribution < -0.4 is 4.72 Å². The summed E-state index contributed by atoms with van der Waals surface area (Å²) in [6.07, 6.45) is 3.90. The fourth-order valence-corrected chi connectivity index (χ4v) is 2.38. The first kappa shape index (κ1) is 8.09. The van der Waals surface area contributed by atoms with E-state index in [0.29, 0.717) is 0 Å². The fourth-order valence-electron chi connectivity index (χ4n) is 1.19. The maximum atomic E-state index is 6.86. The van der Waals surface area contributed by atoms with Crippen LogP contribution in [0.2, 0.25) is 0 Å². The molecule has 1 aliphatic rings. The molecule has 2 rings (SSSR count). The van der Waals surface area contributed by atoms with Gasteiger partial charge in [-0.1, -0.05) is 18.2 Å². The topological polar surface area (TPSA) is 35.9 Å². The van der Waals surface area contributed by atoms with E-state index in [0.717, 1.165) is 0 Å². The van der Waals surface area contributed by atoms with E-state index in [1.807, 2.05) is 30.5 Å². The van der Waals surface area contributed by atoms with Crippen LogP contribution in [0.3, 0.4) is 0 Å². The predicted octanol–water partition coefficient (Wildman–Crippen LogP) is 2.01. The third kappa shape index (κ3) is 1.49. The number of nitrogens with one attached hydrogen (secondary N) is 2. The Hall–Kier alpha value is -1.53. The predicted molar refractivity (Wildman–Crippen MR) is 57.2 cm³/mol. The van der Waals surface area contributed by atoms with E-state index in [-0.39, 0.29) is 10.7 Å². The summed E-state index contributed by atoms with van der Waals surface area (Å²) in [5.41, 5.74) is 1.19. The average Bonchev–Trinajstić information content (AvgIpc) is 2.19. The third-order valence-corrected chi connectivity index (χ3v) is 3.23. The van der Waals surface area contributed by atoms with Gasteiger partial charge in [0.15, 0.2) is 0 Å². The molecule has 0 saturated heterocycles. The van der Waals surface area contributed by atoms with Crippen LogP contribution in [0.1, 0.15) is 5.56 Å². The van der Waals surface area contributed by atoms with Crippen LogP contribution in [0, 0.1) is 5.41 Å². The summed E-state index contributed by atoms with van der Waals surface area (Å²) in [5.74, 6) is 2.19. The zero-order valence-corrected chi connectivity index (χ0v) is 7.69. The van der Waals surface area contributed by atoms with Crippen molar-refractivity contribution >= 4 is 27.6 Å². The van der Waals surface area contributed by atoms with E-state index in [1.54, 1.807) is 0 Å². The number of rotatable bonds is 0. The van der Waals surface area contributed by atoms with E-state index in [2.05, 4.69) is 21.7 Å². The summed E-state index contributed by atoms with van der Waals surface area (Å²) in [6, 6.07) is 8.09. The van der Waals surface area contributed by atoms with Crippen LogP contribution in [0.4, 0.5) is 0 Å². The molecule has 0 fully saturated rings. The zero-order valence-electron chi connectivity index (χ0n) is 6.87. The largest absolute Gasteiger partial charge is 0.332 e. The Labute approximate surface area is 79.2 Å². The van der Waals surface area contributed by atoms with Crippen LogP contribution >= 0.6 is 10.7 Å². The van der Waals surface area contributed by atoms with Crippen LogP contribution in [0.25, 0.3) is 6.08 Å². The fraction of sp³-hybridized carbons (Fsp3) is 0. The quantitative estimate of drug-likeness (QED) is 0.474. The van der Waals surface area contributed by atoms with Crippen LogP contribution in [0.15, 0.2) is 35.4 Å². The second kappa shape index (κ2) is 3.46. The molecule has 1 aliphatic heterocycles. The van der Waals surface area contributed by atoms with Gasteiger partial charge in [-0.05, 0) is 28.4 Å². The molecule has 1 aromatic carbocycles. The monoisotopic (exact) mass is 188 g/mol. The van der Waals surface area contributed by atoms with Crippen molar-refractivity contribution in [1.29, 1.82) is 5.41 Å². The highest BCUT2D eigenvalue weighted by atomic mass is 32.2. The molecule has 1 aromatic rings. The van der Waals surface area contributed by atoms with Crippen molar-refractivity contribution < 1.29 is 0 Å². The van der Waals surface area contributed by atoms with Crippen molar-refractivity contribution in [1.82, 2.24) is 4.72 Å². The van der Waals surface area contributed by atoms with Crippen molar-refractivity contribution in [3.05, 3.63) is 36.0 Å². The second-order valence-corrected chi connectivity index (χ2v) is 4.01. The van der Waals surface area contributed by atoms with Gasteiger partial charge in [-0.2, -0.15) is 0 Å². The lowest BCUT2D eigenvalue weighted by molar-refractivity contribution is 1.31. The molecular formula is C10H8N2S. The zero-order chi connectivity index (χ0) is 9.10. The molecule has 0 amide bonds. The first-order chi connectivity index (χ1) is 6.42. The molecule has 1 atom stereocenters. The summed E-state index contributed by atoms with van der Waals surface area (Å²) in [7, 11) is -0.305. The molecule has 2 N–H and O–H groups in total. The minimum atomic E-state index is -0.305. The highest BCUT2D eigenvalue weighted by Crippen LogP contribution is 2.29. The summed E-state index contributed by atoms with van der Waals surface area (Å²) in [4.78, 5) is 1.17. The Morgan fingerprint density at radius 1 is 1.31 bits per heavy atom. The molecule has 3 heteroatoms. The lowest BCUT2D eigenvalue weighted by atomic mass is 10.2. The normalized spacial score (nSPS) is 18.0. The van der Waals surface area contributed by atoms with Crippen molar-refractivity contribution in [3.63, 3.8) is 0 Å². The van der Waals surface area contributed by atoms with Gasteiger partial charge in [-0.3, -0.25) is 5.41 Å².